The fraction of sp³-hybridized carbons (Fsp3) is 0.357. The summed E-state index contributed by atoms with van der Waals surface area (Å²) in [5.41, 5.74) is 1.01. The monoisotopic (exact) mass is 260 g/mol. The molecule has 1 amide bonds. The average Bonchev–Trinajstić information content (AvgIpc) is 2.49. The Hall–Kier alpha value is -2.01. The van der Waals surface area contributed by atoms with Gasteiger partial charge in [0.15, 0.2) is 5.78 Å². The molecule has 2 rings (SSSR count). The maximum absolute atomic E-state index is 12.4. The number of para-hydroxylation sites is 1. The molecule has 1 atom stereocenters. The van der Waals surface area contributed by atoms with Gasteiger partial charge in [0.1, 0.15) is 5.78 Å². The summed E-state index contributed by atoms with van der Waals surface area (Å²) in [5.74, 6) is -0.447. The molecule has 0 bridgehead atoms. The number of rotatable bonds is 3. The molecule has 1 aromatic carbocycles. The summed E-state index contributed by atoms with van der Waals surface area (Å²) in [4.78, 5) is 37.3. The minimum atomic E-state index is -0.584. The number of nitrogens with one attached hydrogen (secondary N) is 1. The molecular formula is C14H16N2O3. The Morgan fingerprint density at radius 1 is 1.37 bits per heavy atom. The fourth-order valence-corrected chi connectivity index (χ4v) is 2.25. The molecule has 0 fully saturated rings. The molecule has 0 spiro atoms. The number of anilines is 1. The van der Waals surface area contributed by atoms with Gasteiger partial charge in [-0.25, -0.2) is 0 Å². The third-order valence-electron chi connectivity index (χ3n) is 3.18. The molecular weight excluding hydrogens is 244 g/mol. The lowest BCUT2D eigenvalue weighted by Crippen LogP contribution is -2.46. The highest BCUT2D eigenvalue weighted by Gasteiger charge is 2.33. The highest BCUT2D eigenvalue weighted by molar-refractivity contribution is 6.13. The van der Waals surface area contributed by atoms with E-state index in [2.05, 4.69) is 5.32 Å². The van der Waals surface area contributed by atoms with Gasteiger partial charge in [0, 0.05) is 12.0 Å². The summed E-state index contributed by atoms with van der Waals surface area (Å²) in [7, 11) is 1.64. The molecule has 1 heterocycles. The molecule has 1 aromatic rings. The number of amides is 1. The summed E-state index contributed by atoms with van der Waals surface area (Å²) in [6.07, 6.45) is 0.112. The molecule has 0 saturated heterocycles. The number of Topliss-reactive ketones (excluding diaryl/α,β-unsaturated/α-hetero) is 2. The smallest absolute Gasteiger partial charge is 0.245 e. The van der Waals surface area contributed by atoms with Crippen LogP contribution in [0.5, 0.6) is 0 Å². The Morgan fingerprint density at radius 3 is 2.68 bits per heavy atom. The molecule has 0 aromatic heterocycles. The number of benzene rings is 1. The minimum absolute atomic E-state index is 0.0126. The van der Waals surface area contributed by atoms with E-state index in [1.165, 1.54) is 11.8 Å². The third-order valence-corrected chi connectivity index (χ3v) is 3.18. The Labute approximate surface area is 111 Å². The highest BCUT2D eigenvalue weighted by atomic mass is 16.2. The normalized spacial score (nSPS) is 19.1. The van der Waals surface area contributed by atoms with E-state index in [4.69, 9.17) is 0 Å². The summed E-state index contributed by atoms with van der Waals surface area (Å²) in [6.45, 7) is 1.41. The van der Waals surface area contributed by atoms with E-state index in [0.29, 0.717) is 11.3 Å². The van der Waals surface area contributed by atoms with Crippen LogP contribution in [0.1, 0.15) is 23.7 Å². The second-order valence-electron chi connectivity index (χ2n) is 4.61. The summed E-state index contributed by atoms with van der Waals surface area (Å²) in [6, 6.07) is 6.32. The van der Waals surface area contributed by atoms with Crippen molar-refractivity contribution in [3.63, 3.8) is 0 Å². The van der Waals surface area contributed by atoms with Crippen molar-refractivity contribution in [1.29, 1.82) is 0 Å². The van der Waals surface area contributed by atoms with Crippen molar-refractivity contribution in [2.75, 3.05) is 18.5 Å². The Bertz CT molecular complexity index is 539. The number of ketones is 2. The van der Waals surface area contributed by atoms with Gasteiger partial charge in [0.05, 0.1) is 18.3 Å². The van der Waals surface area contributed by atoms with Crippen LogP contribution in [0.3, 0.4) is 0 Å². The van der Waals surface area contributed by atoms with Gasteiger partial charge < -0.3 is 10.2 Å². The molecule has 0 aliphatic carbocycles. The molecule has 1 aliphatic rings. The number of fused-ring (bicyclic) bond motifs is 1. The zero-order valence-electron chi connectivity index (χ0n) is 11.0. The number of hydrogen-bond donors (Lipinski definition) is 1. The molecule has 0 unspecified atom stereocenters. The first-order chi connectivity index (χ1) is 9.04. The van der Waals surface area contributed by atoms with Gasteiger partial charge in [0.2, 0.25) is 5.91 Å². The van der Waals surface area contributed by atoms with Crippen LogP contribution in [0, 0.1) is 0 Å². The Kier molecular flexibility index (Phi) is 3.76. The van der Waals surface area contributed by atoms with Crippen LogP contribution in [0.4, 0.5) is 5.69 Å². The van der Waals surface area contributed by atoms with Gasteiger partial charge in [0.25, 0.3) is 0 Å². The van der Waals surface area contributed by atoms with Crippen molar-refractivity contribution in [1.82, 2.24) is 5.32 Å². The van der Waals surface area contributed by atoms with Crippen LogP contribution < -0.4 is 10.2 Å². The molecule has 1 aliphatic heterocycles. The molecule has 100 valence electrons. The van der Waals surface area contributed by atoms with Crippen LogP contribution >= 0.6 is 0 Å². The Morgan fingerprint density at radius 2 is 2.05 bits per heavy atom. The summed E-state index contributed by atoms with van der Waals surface area (Å²) < 4.78 is 0. The van der Waals surface area contributed by atoms with Crippen LogP contribution in [-0.4, -0.2) is 37.1 Å². The van der Waals surface area contributed by atoms with Crippen LogP contribution in [0.2, 0.25) is 0 Å². The van der Waals surface area contributed by atoms with Crippen molar-refractivity contribution in [2.45, 2.75) is 19.4 Å². The zero-order valence-corrected chi connectivity index (χ0v) is 11.0. The van der Waals surface area contributed by atoms with Crippen molar-refractivity contribution >= 4 is 23.2 Å². The molecule has 5 heteroatoms. The number of likely N-dealkylation sites (N-methyl/N-ethyl adjacent to an activating group) is 1. The highest BCUT2D eigenvalue weighted by Crippen LogP contribution is 2.26. The van der Waals surface area contributed by atoms with Crippen molar-refractivity contribution < 1.29 is 14.4 Å². The van der Waals surface area contributed by atoms with E-state index in [9.17, 15) is 14.4 Å². The lowest BCUT2D eigenvalue weighted by molar-refractivity contribution is -0.123. The van der Waals surface area contributed by atoms with E-state index in [-0.39, 0.29) is 30.4 Å². The van der Waals surface area contributed by atoms with Crippen molar-refractivity contribution in [2.24, 2.45) is 0 Å². The first kappa shape index (κ1) is 13.4. The summed E-state index contributed by atoms with van der Waals surface area (Å²) >= 11 is 0. The lowest BCUT2D eigenvalue weighted by Gasteiger charge is -2.24. The predicted octanol–water partition coefficient (Wildman–Crippen LogP) is 0.783. The second kappa shape index (κ2) is 5.32. The largest absolute Gasteiger partial charge is 0.309 e. The van der Waals surface area contributed by atoms with Gasteiger partial charge in [-0.15, -0.1) is 0 Å². The molecule has 0 saturated carbocycles. The van der Waals surface area contributed by atoms with Crippen LogP contribution in [0.15, 0.2) is 24.3 Å². The number of carbonyl (C=O) groups excluding carboxylic acids is 3. The van der Waals surface area contributed by atoms with E-state index < -0.39 is 6.04 Å². The molecule has 0 radical (unpaired) electrons. The molecule has 19 heavy (non-hydrogen) atoms. The van der Waals surface area contributed by atoms with Gasteiger partial charge in [-0.1, -0.05) is 12.1 Å². The topological polar surface area (TPSA) is 66.5 Å². The van der Waals surface area contributed by atoms with E-state index >= 15 is 0 Å². The van der Waals surface area contributed by atoms with Gasteiger partial charge >= 0.3 is 0 Å². The van der Waals surface area contributed by atoms with Crippen molar-refractivity contribution in [3.8, 4) is 0 Å². The van der Waals surface area contributed by atoms with Gasteiger partial charge in [-0.3, -0.25) is 14.4 Å². The van der Waals surface area contributed by atoms with Crippen LogP contribution in [0.25, 0.3) is 0 Å². The lowest BCUT2D eigenvalue weighted by atomic mass is 10.0. The molecule has 1 N–H and O–H groups in total. The average molecular weight is 260 g/mol. The van der Waals surface area contributed by atoms with E-state index in [0.717, 1.165) is 0 Å². The maximum Gasteiger partial charge on any atom is 0.245 e. The summed E-state index contributed by atoms with van der Waals surface area (Å²) in [5, 5.41) is 2.84. The van der Waals surface area contributed by atoms with Crippen molar-refractivity contribution in [3.05, 3.63) is 29.8 Å². The zero-order chi connectivity index (χ0) is 14.0. The van der Waals surface area contributed by atoms with Gasteiger partial charge in [-0.05, 0) is 26.1 Å². The number of nitrogens with zero attached hydrogens (tertiary/aromatic N) is 1. The SMILES string of the molecule is CN[C@H]1CC(=O)c2ccccc2N(CC(C)=O)C1=O. The quantitative estimate of drug-likeness (QED) is 0.872. The van der Waals surface area contributed by atoms with Crippen LogP contribution in [-0.2, 0) is 9.59 Å². The maximum atomic E-state index is 12.4. The molecule has 5 nitrogen and oxygen atoms in total. The number of carbonyl (C=O) groups is 3. The fourth-order valence-electron chi connectivity index (χ4n) is 2.25. The minimum Gasteiger partial charge on any atom is -0.309 e. The first-order valence-corrected chi connectivity index (χ1v) is 6.15. The standard InChI is InChI=1S/C14H16N2O3/c1-9(17)8-16-12-6-4-3-5-10(12)13(18)7-11(15-2)14(16)19/h3-6,11,15H,7-8H2,1-2H3/t11-/m0/s1. The third kappa shape index (κ3) is 2.56. The predicted molar refractivity (Wildman–Crippen MR) is 71.3 cm³/mol. The van der Waals surface area contributed by atoms with E-state index in [1.54, 1.807) is 31.3 Å². The second-order valence-corrected chi connectivity index (χ2v) is 4.61. The van der Waals surface area contributed by atoms with E-state index in [1.807, 2.05) is 0 Å². The first-order valence-electron chi connectivity index (χ1n) is 6.15. The number of hydrogen-bond acceptors (Lipinski definition) is 4. The van der Waals surface area contributed by atoms with Gasteiger partial charge in [-0.2, -0.15) is 0 Å². The Balaban J connectivity index is 2.52.